The minimum atomic E-state index is 0.780. The molecular weight excluding hydrogens is 224 g/mol. The van der Waals surface area contributed by atoms with Crippen molar-refractivity contribution >= 4 is 0 Å². The Morgan fingerprint density at radius 3 is 2.78 bits per heavy atom. The highest BCUT2D eigenvalue weighted by atomic mass is 16.5. The van der Waals surface area contributed by atoms with Gasteiger partial charge in [-0.15, -0.1) is 0 Å². The summed E-state index contributed by atoms with van der Waals surface area (Å²) in [4.78, 5) is 2.66. The molecule has 0 spiro atoms. The SMILES string of the molecule is COCC1CCCN(CCCC2CCNCC2)C1. The third kappa shape index (κ3) is 4.87. The van der Waals surface area contributed by atoms with Gasteiger partial charge in [0.1, 0.15) is 0 Å². The number of rotatable bonds is 6. The molecule has 0 aromatic carbocycles. The molecule has 2 aliphatic rings. The lowest BCUT2D eigenvalue weighted by atomic mass is 9.92. The monoisotopic (exact) mass is 254 g/mol. The Hall–Kier alpha value is -0.120. The van der Waals surface area contributed by atoms with Crippen LogP contribution in [0.3, 0.4) is 0 Å². The first-order chi connectivity index (χ1) is 8.88. The highest BCUT2D eigenvalue weighted by Gasteiger charge is 2.20. The van der Waals surface area contributed by atoms with Crippen LogP contribution in [-0.2, 0) is 4.74 Å². The Labute approximate surface area is 112 Å². The maximum absolute atomic E-state index is 5.30. The van der Waals surface area contributed by atoms with E-state index in [1.165, 1.54) is 71.2 Å². The third-order valence-electron chi connectivity index (χ3n) is 4.55. The van der Waals surface area contributed by atoms with Crippen LogP contribution in [0.25, 0.3) is 0 Å². The van der Waals surface area contributed by atoms with Crippen molar-refractivity contribution < 1.29 is 4.74 Å². The molecule has 3 nitrogen and oxygen atoms in total. The largest absolute Gasteiger partial charge is 0.384 e. The van der Waals surface area contributed by atoms with Gasteiger partial charge in [-0.2, -0.15) is 0 Å². The van der Waals surface area contributed by atoms with Crippen molar-refractivity contribution in [1.82, 2.24) is 10.2 Å². The zero-order valence-electron chi connectivity index (χ0n) is 12.0. The van der Waals surface area contributed by atoms with Crippen LogP contribution in [0, 0.1) is 11.8 Å². The lowest BCUT2D eigenvalue weighted by molar-refractivity contribution is 0.0889. The van der Waals surface area contributed by atoms with Gasteiger partial charge in [0.05, 0.1) is 6.61 Å². The molecule has 0 aromatic heterocycles. The van der Waals surface area contributed by atoms with E-state index >= 15 is 0 Å². The predicted octanol–water partition coefficient (Wildman–Crippen LogP) is 2.12. The number of ether oxygens (including phenoxy) is 1. The minimum Gasteiger partial charge on any atom is -0.384 e. The molecule has 2 fully saturated rings. The van der Waals surface area contributed by atoms with E-state index in [1.54, 1.807) is 0 Å². The van der Waals surface area contributed by atoms with Crippen LogP contribution in [0.2, 0.25) is 0 Å². The van der Waals surface area contributed by atoms with Crippen LogP contribution in [0.4, 0.5) is 0 Å². The fraction of sp³-hybridized carbons (Fsp3) is 1.00. The summed E-state index contributed by atoms with van der Waals surface area (Å²) in [6.45, 7) is 7.32. The van der Waals surface area contributed by atoms with E-state index < -0.39 is 0 Å². The van der Waals surface area contributed by atoms with Crippen molar-refractivity contribution in [2.24, 2.45) is 11.8 Å². The first-order valence-corrected chi connectivity index (χ1v) is 7.80. The number of likely N-dealkylation sites (tertiary alicyclic amines) is 1. The number of hydrogen-bond donors (Lipinski definition) is 1. The van der Waals surface area contributed by atoms with Gasteiger partial charge in [-0.3, -0.25) is 0 Å². The average molecular weight is 254 g/mol. The first kappa shape index (κ1) is 14.3. The van der Waals surface area contributed by atoms with E-state index in [0.717, 1.165) is 18.4 Å². The number of hydrogen-bond acceptors (Lipinski definition) is 3. The molecule has 3 heteroatoms. The molecule has 1 atom stereocenters. The zero-order valence-corrected chi connectivity index (χ0v) is 12.0. The van der Waals surface area contributed by atoms with E-state index in [9.17, 15) is 0 Å². The van der Waals surface area contributed by atoms with Crippen LogP contribution >= 0.6 is 0 Å². The molecule has 0 aliphatic carbocycles. The van der Waals surface area contributed by atoms with E-state index in [0.29, 0.717) is 0 Å². The van der Waals surface area contributed by atoms with Gasteiger partial charge in [-0.25, -0.2) is 0 Å². The summed E-state index contributed by atoms with van der Waals surface area (Å²) in [5.41, 5.74) is 0. The van der Waals surface area contributed by atoms with Crippen molar-refractivity contribution in [3.63, 3.8) is 0 Å². The molecular formula is C15H30N2O. The van der Waals surface area contributed by atoms with Crippen LogP contribution in [-0.4, -0.2) is 51.3 Å². The van der Waals surface area contributed by atoms with Gasteiger partial charge in [0, 0.05) is 13.7 Å². The second-order valence-corrected chi connectivity index (χ2v) is 6.10. The molecule has 106 valence electrons. The molecule has 2 heterocycles. The van der Waals surface area contributed by atoms with Crippen molar-refractivity contribution in [2.75, 3.05) is 46.4 Å². The second kappa shape index (κ2) is 8.13. The molecule has 0 saturated carbocycles. The van der Waals surface area contributed by atoms with E-state index in [4.69, 9.17) is 4.74 Å². The van der Waals surface area contributed by atoms with E-state index in [-0.39, 0.29) is 0 Å². The van der Waals surface area contributed by atoms with Crippen molar-refractivity contribution in [2.45, 2.75) is 38.5 Å². The molecule has 0 amide bonds. The summed E-state index contributed by atoms with van der Waals surface area (Å²) in [7, 11) is 1.83. The maximum atomic E-state index is 5.30. The smallest absolute Gasteiger partial charge is 0.0502 e. The Kier molecular flexibility index (Phi) is 6.46. The van der Waals surface area contributed by atoms with Gasteiger partial charge in [-0.05, 0) is 76.5 Å². The van der Waals surface area contributed by atoms with Crippen LogP contribution in [0.5, 0.6) is 0 Å². The third-order valence-corrected chi connectivity index (χ3v) is 4.55. The summed E-state index contributed by atoms with van der Waals surface area (Å²) < 4.78 is 5.30. The van der Waals surface area contributed by atoms with E-state index in [1.807, 2.05) is 7.11 Å². The first-order valence-electron chi connectivity index (χ1n) is 7.80. The topological polar surface area (TPSA) is 24.5 Å². The van der Waals surface area contributed by atoms with Crippen molar-refractivity contribution in [3.05, 3.63) is 0 Å². The van der Waals surface area contributed by atoms with Gasteiger partial charge in [0.2, 0.25) is 0 Å². The Morgan fingerprint density at radius 2 is 2.00 bits per heavy atom. The standard InChI is InChI=1S/C15H30N2O/c1-18-13-15-5-3-11-17(12-15)10-2-4-14-6-8-16-9-7-14/h14-16H,2-13H2,1H3. The highest BCUT2D eigenvalue weighted by molar-refractivity contribution is 4.74. The summed E-state index contributed by atoms with van der Waals surface area (Å²) >= 11 is 0. The highest BCUT2D eigenvalue weighted by Crippen LogP contribution is 2.20. The van der Waals surface area contributed by atoms with Crippen LogP contribution < -0.4 is 5.32 Å². The molecule has 0 bridgehead atoms. The molecule has 2 saturated heterocycles. The zero-order chi connectivity index (χ0) is 12.6. The normalized spacial score (nSPS) is 27.5. The fourth-order valence-corrected chi connectivity index (χ4v) is 3.50. The number of nitrogens with one attached hydrogen (secondary N) is 1. The molecule has 2 aliphatic heterocycles. The van der Waals surface area contributed by atoms with Gasteiger partial charge in [-0.1, -0.05) is 0 Å². The van der Waals surface area contributed by atoms with Gasteiger partial charge in [0.25, 0.3) is 0 Å². The molecule has 0 aromatic rings. The minimum absolute atomic E-state index is 0.780. The number of nitrogens with zero attached hydrogens (tertiary/aromatic N) is 1. The molecule has 1 unspecified atom stereocenters. The molecule has 1 N–H and O–H groups in total. The number of methoxy groups -OCH3 is 1. The van der Waals surface area contributed by atoms with Crippen LogP contribution in [0.1, 0.15) is 38.5 Å². The summed E-state index contributed by atoms with van der Waals surface area (Å²) in [5.74, 6) is 1.77. The summed E-state index contributed by atoms with van der Waals surface area (Å²) in [5, 5.41) is 3.45. The molecule has 2 rings (SSSR count). The second-order valence-electron chi connectivity index (χ2n) is 6.10. The van der Waals surface area contributed by atoms with E-state index in [2.05, 4.69) is 10.2 Å². The fourth-order valence-electron chi connectivity index (χ4n) is 3.50. The molecule has 0 radical (unpaired) electrons. The van der Waals surface area contributed by atoms with Gasteiger partial charge < -0.3 is 15.0 Å². The Balaban J connectivity index is 1.57. The van der Waals surface area contributed by atoms with Gasteiger partial charge >= 0.3 is 0 Å². The Morgan fingerprint density at radius 1 is 1.17 bits per heavy atom. The summed E-state index contributed by atoms with van der Waals surface area (Å²) in [6.07, 6.45) is 8.34. The average Bonchev–Trinajstić information content (AvgIpc) is 2.41. The predicted molar refractivity (Wildman–Crippen MR) is 75.9 cm³/mol. The van der Waals surface area contributed by atoms with Gasteiger partial charge in [0.15, 0.2) is 0 Å². The lowest BCUT2D eigenvalue weighted by Gasteiger charge is -2.33. The molecule has 18 heavy (non-hydrogen) atoms. The van der Waals surface area contributed by atoms with Crippen molar-refractivity contribution in [3.8, 4) is 0 Å². The van der Waals surface area contributed by atoms with Crippen molar-refractivity contribution in [1.29, 1.82) is 0 Å². The quantitative estimate of drug-likeness (QED) is 0.786. The van der Waals surface area contributed by atoms with Crippen LogP contribution in [0.15, 0.2) is 0 Å². The lowest BCUT2D eigenvalue weighted by Crippen LogP contribution is -2.38. The number of piperidine rings is 2. The summed E-state index contributed by atoms with van der Waals surface area (Å²) in [6, 6.07) is 0. The Bertz CT molecular complexity index is 215. The maximum Gasteiger partial charge on any atom is 0.0502 e.